The van der Waals surface area contributed by atoms with E-state index in [9.17, 15) is 4.79 Å². The summed E-state index contributed by atoms with van der Waals surface area (Å²) in [4.78, 5) is 18.2. The number of aromatic nitrogens is 1. The number of nitrogens with zero attached hydrogens (tertiary/aromatic N) is 2. The maximum absolute atomic E-state index is 12.3. The van der Waals surface area contributed by atoms with Crippen molar-refractivity contribution >= 4 is 28.3 Å². The average molecular weight is 277 g/mol. The first-order chi connectivity index (χ1) is 8.99. The molecule has 2 aromatic rings. The summed E-state index contributed by atoms with van der Waals surface area (Å²) in [5, 5.41) is 2.18. The summed E-state index contributed by atoms with van der Waals surface area (Å²) in [7, 11) is 1.78. The van der Waals surface area contributed by atoms with Crippen molar-refractivity contribution in [2.45, 2.75) is 13.8 Å². The van der Waals surface area contributed by atoms with Crippen LogP contribution in [0.25, 0.3) is 10.8 Å². The molecule has 19 heavy (non-hydrogen) atoms. The largest absolute Gasteiger partial charge is 0.340 e. The second-order valence-corrected chi connectivity index (χ2v) is 5.46. The minimum atomic E-state index is -0.0960. The Hall–Kier alpha value is -1.61. The first kappa shape index (κ1) is 13.8. The number of halogens is 1. The fourth-order valence-corrected chi connectivity index (χ4v) is 2.36. The van der Waals surface area contributed by atoms with Gasteiger partial charge in [-0.05, 0) is 17.4 Å². The summed E-state index contributed by atoms with van der Waals surface area (Å²) >= 11 is 6.13. The molecule has 0 aliphatic rings. The van der Waals surface area contributed by atoms with Gasteiger partial charge in [-0.25, -0.2) is 4.98 Å². The van der Waals surface area contributed by atoms with Gasteiger partial charge in [0.15, 0.2) is 0 Å². The van der Waals surface area contributed by atoms with Gasteiger partial charge in [-0.2, -0.15) is 0 Å². The normalized spacial score (nSPS) is 11.0. The van der Waals surface area contributed by atoms with Crippen LogP contribution in [-0.4, -0.2) is 29.4 Å². The molecular formula is C15H17ClN2O. The maximum atomic E-state index is 12.3. The van der Waals surface area contributed by atoms with Crippen LogP contribution in [0.1, 0.15) is 24.3 Å². The average Bonchev–Trinajstić information content (AvgIpc) is 2.37. The van der Waals surface area contributed by atoms with Crippen LogP contribution in [0.2, 0.25) is 5.15 Å². The minimum Gasteiger partial charge on any atom is -0.340 e. The second-order valence-electron chi connectivity index (χ2n) is 5.10. The fraction of sp³-hybridized carbons (Fsp3) is 0.333. The number of rotatable bonds is 3. The standard InChI is InChI=1S/C15H17ClN2O/c1-10(2)9-18(3)15(19)13-8-11-6-4-5-7-12(11)14(16)17-13/h4-8,10H,9H2,1-3H3. The Morgan fingerprint density at radius 1 is 1.37 bits per heavy atom. The van der Waals surface area contributed by atoms with E-state index in [0.717, 1.165) is 10.8 Å². The predicted molar refractivity (Wildman–Crippen MR) is 78.6 cm³/mol. The van der Waals surface area contributed by atoms with Gasteiger partial charge >= 0.3 is 0 Å². The van der Waals surface area contributed by atoms with Gasteiger partial charge in [-0.1, -0.05) is 49.7 Å². The van der Waals surface area contributed by atoms with Crippen LogP contribution in [0.4, 0.5) is 0 Å². The first-order valence-electron chi connectivity index (χ1n) is 6.30. The predicted octanol–water partition coefficient (Wildman–Crippen LogP) is 3.62. The van der Waals surface area contributed by atoms with Crippen molar-refractivity contribution < 1.29 is 4.79 Å². The number of pyridine rings is 1. The highest BCUT2D eigenvalue weighted by Gasteiger charge is 2.16. The Labute approximate surface area is 118 Å². The molecule has 0 radical (unpaired) electrons. The number of carbonyl (C=O) groups excluding carboxylic acids is 1. The lowest BCUT2D eigenvalue weighted by molar-refractivity contribution is 0.0773. The molecule has 1 aromatic carbocycles. The molecule has 0 atom stereocenters. The van der Waals surface area contributed by atoms with E-state index in [1.165, 1.54) is 0 Å². The van der Waals surface area contributed by atoms with E-state index in [-0.39, 0.29) is 5.91 Å². The minimum absolute atomic E-state index is 0.0960. The highest BCUT2D eigenvalue weighted by molar-refractivity contribution is 6.34. The van der Waals surface area contributed by atoms with Gasteiger partial charge in [0.05, 0.1) is 0 Å². The molecule has 1 amide bonds. The molecule has 0 aliphatic carbocycles. The summed E-state index contributed by atoms with van der Waals surface area (Å²) < 4.78 is 0. The SMILES string of the molecule is CC(C)CN(C)C(=O)c1cc2ccccc2c(Cl)n1. The molecule has 1 heterocycles. The number of fused-ring (bicyclic) bond motifs is 1. The number of hydrogen-bond acceptors (Lipinski definition) is 2. The number of amides is 1. The van der Waals surface area contributed by atoms with Crippen LogP contribution in [0.3, 0.4) is 0 Å². The van der Waals surface area contributed by atoms with Crippen LogP contribution in [0.5, 0.6) is 0 Å². The van der Waals surface area contributed by atoms with E-state index in [1.807, 2.05) is 24.3 Å². The topological polar surface area (TPSA) is 33.2 Å². The lowest BCUT2D eigenvalue weighted by atomic mass is 10.1. The maximum Gasteiger partial charge on any atom is 0.272 e. The number of benzene rings is 1. The van der Waals surface area contributed by atoms with Gasteiger partial charge in [0.25, 0.3) is 5.91 Å². The van der Waals surface area contributed by atoms with Crippen LogP contribution >= 0.6 is 11.6 Å². The highest BCUT2D eigenvalue weighted by Crippen LogP contribution is 2.22. The molecule has 0 saturated heterocycles. The Bertz CT molecular complexity index is 610. The molecule has 0 fully saturated rings. The smallest absolute Gasteiger partial charge is 0.272 e. The van der Waals surface area contributed by atoms with E-state index in [4.69, 9.17) is 11.6 Å². The highest BCUT2D eigenvalue weighted by atomic mass is 35.5. The van der Waals surface area contributed by atoms with Crippen molar-refractivity contribution in [3.05, 3.63) is 41.2 Å². The van der Waals surface area contributed by atoms with E-state index in [0.29, 0.717) is 23.3 Å². The third kappa shape index (κ3) is 3.04. The van der Waals surface area contributed by atoms with Gasteiger partial charge in [0.1, 0.15) is 10.8 Å². The van der Waals surface area contributed by atoms with E-state index in [1.54, 1.807) is 18.0 Å². The van der Waals surface area contributed by atoms with Gasteiger partial charge < -0.3 is 4.90 Å². The monoisotopic (exact) mass is 276 g/mol. The van der Waals surface area contributed by atoms with Crippen molar-refractivity contribution in [2.75, 3.05) is 13.6 Å². The quantitative estimate of drug-likeness (QED) is 0.802. The molecule has 2 rings (SSSR count). The van der Waals surface area contributed by atoms with Crippen molar-refractivity contribution in [3.8, 4) is 0 Å². The van der Waals surface area contributed by atoms with Gasteiger partial charge in [-0.3, -0.25) is 4.79 Å². The Balaban J connectivity index is 2.38. The van der Waals surface area contributed by atoms with Crippen molar-refractivity contribution in [1.29, 1.82) is 0 Å². The van der Waals surface area contributed by atoms with Crippen LogP contribution in [0.15, 0.2) is 30.3 Å². The van der Waals surface area contributed by atoms with Crippen molar-refractivity contribution in [1.82, 2.24) is 9.88 Å². The zero-order chi connectivity index (χ0) is 14.0. The molecule has 0 N–H and O–H groups in total. The van der Waals surface area contributed by atoms with Crippen LogP contribution in [-0.2, 0) is 0 Å². The Kier molecular flexibility index (Phi) is 4.05. The van der Waals surface area contributed by atoms with Crippen molar-refractivity contribution in [3.63, 3.8) is 0 Å². The summed E-state index contributed by atoms with van der Waals surface area (Å²) in [5.41, 5.74) is 0.395. The van der Waals surface area contributed by atoms with Gasteiger partial charge in [0.2, 0.25) is 0 Å². The van der Waals surface area contributed by atoms with Crippen LogP contribution < -0.4 is 0 Å². The fourth-order valence-electron chi connectivity index (χ4n) is 2.09. The van der Waals surface area contributed by atoms with E-state index < -0.39 is 0 Å². The summed E-state index contributed by atoms with van der Waals surface area (Å²) in [6.45, 7) is 4.85. The van der Waals surface area contributed by atoms with Gasteiger partial charge in [0, 0.05) is 19.0 Å². The third-order valence-electron chi connectivity index (χ3n) is 2.90. The molecule has 4 heteroatoms. The number of hydrogen-bond donors (Lipinski definition) is 0. The van der Waals surface area contributed by atoms with Crippen LogP contribution in [0, 0.1) is 5.92 Å². The lowest BCUT2D eigenvalue weighted by Crippen LogP contribution is -2.30. The lowest BCUT2D eigenvalue weighted by Gasteiger charge is -2.19. The molecule has 0 saturated carbocycles. The van der Waals surface area contributed by atoms with Gasteiger partial charge in [-0.15, -0.1) is 0 Å². The zero-order valence-electron chi connectivity index (χ0n) is 11.4. The molecular weight excluding hydrogens is 260 g/mol. The molecule has 0 spiro atoms. The van der Waals surface area contributed by atoms with E-state index in [2.05, 4.69) is 18.8 Å². The number of carbonyl (C=O) groups is 1. The Morgan fingerprint density at radius 3 is 2.74 bits per heavy atom. The zero-order valence-corrected chi connectivity index (χ0v) is 12.1. The third-order valence-corrected chi connectivity index (χ3v) is 3.19. The molecule has 1 aromatic heterocycles. The summed E-state index contributed by atoms with van der Waals surface area (Å²) in [6, 6.07) is 9.45. The summed E-state index contributed by atoms with van der Waals surface area (Å²) in [5.74, 6) is 0.325. The molecule has 0 unspecified atom stereocenters. The molecule has 3 nitrogen and oxygen atoms in total. The van der Waals surface area contributed by atoms with Crippen molar-refractivity contribution in [2.24, 2.45) is 5.92 Å². The second kappa shape index (κ2) is 5.57. The molecule has 0 bridgehead atoms. The summed E-state index contributed by atoms with van der Waals surface area (Å²) in [6.07, 6.45) is 0. The molecule has 0 aliphatic heterocycles. The van der Waals surface area contributed by atoms with E-state index >= 15 is 0 Å². The first-order valence-corrected chi connectivity index (χ1v) is 6.67. The molecule has 100 valence electrons. The Morgan fingerprint density at radius 2 is 2.05 bits per heavy atom.